The predicted octanol–water partition coefficient (Wildman–Crippen LogP) is 3.54. The molecule has 0 aliphatic heterocycles. The van der Waals surface area contributed by atoms with Gasteiger partial charge in [-0.25, -0.2) is 9.37 Å². The second-order valence-electron chi connectivity index (χ2n) is 5.28. The Balaban J connectivity index is 1.74. The third kappa shape index (κ3) is 2.69. The van der Waals surface area contributed by atoms with Crippen LogP contribution in [0.15, 0.2) is 67.0 Å². The molecule has 1 N–H and O–H groups in total. The fraction of sp³-hybridized carbons (Fsp3) is 0.0556. The van der Waals surface area contributed by atoms with Gasteiger partial charge in [0.1, 0.15) is 11.6 Å². The van der Waals surface area contributed by atoms with E-state index in [0.29, 0.717) is 23.4 Å². The van der Waals surface area contributed by atoms with Crippen LogP contribution in [-0.4, -0.2) is 19.6 Å². The van der Waals surface area contributed by atoms with Gasteiger partial charge in [0.25, 0.3) is 0 Å². The monoisotopic (exact) mass is 319 g/mol. The van der Waals surface area contributed by atoms with Crippen molar-refractivity contribution in [3.05, 3.63) is 78.5 Å². The lowest BCUT2D eigenvalue weighted by atomic mass is 10.1. The first-order valence-electron chi connectivity index (χ1n) is 7.55. The average molecular weight is 319 g/mol. The van der Waals surface area contributed by atoms with Crippen molar-refractivity contribution in [3.63, 3.8) is 0 Å². The largest absolute Gasteiger partial charge is 0.364 e. The van der Waals surface area contributed by atoms with E-state index in [-0.39, 0.29) is 5.82 Å². The highest BCUT2D eigenvalue weighted by molar-refractivity contribution is 5.66. The highest BCUT2D eigenvalue weighted by atomic mass is 19.1. The molecule has 0 atom stereocenters. The first-order valence-corrected chi connectivity index (χ1v) is 7.55. The lowest BCUT2D eigenvalue weighted by molar-refractivity contribution is 0.630. The van der Waals surface area contributed by atoms with Crippen molar-refractivity contribution in [1.29, 1.82) is 0 Å². The Morgan fingerprint density at radius 3 is 2.71 bits per heavy atom. The van der Waals surface area contributed by atoms with Gasteiger partial charge in [0.2, 0.25) is 0 Å². The summed E-state index contributed by atoms with van der Waals surface area (Å²) in [5, 5.41) is 7.56. The molecule has 0 aliphatic carbocycles. The summed E-state index contributed by atoms with van der Waals surface area (Å²) in [4.78, 5) is 8.78. The van der Waals surface area contributed by atoms with Crippen molar-refractivity contribution >= 4 is 11.5 Å². The SMILES string of the molecule is Fc1ccccc1-c1cc(NCc2ccccn2)n2nccc2n1. The minimum absolute atomic E-state index is 0.301. The summed E-state index contributed by atoms with van der Waals surface area (Å²) in [7, 11) is 0. The molecule has 24 heavy (non-hydrogen) atoms. The number of nitrogens with zero attached hydrogens (tertiary/aromatic N) is 4. The number of hydrogen-bond acceptors (Lipinski definition) is 4. The Bertz CT molecular complexity index is 981. The number of anilines is 1. The van der Waals surface area contributed by atoms with E-state index in [4.69, 9.17) is 0 Å². The quantitative estimate of drug-likeness (QED) is 0.625. The fourth-order valence-corrected chi connectivity index (χ4v) is 2.53. The van der Waals surface area contributed by atoms with E-state index in [1.807, 2.05) is 18.2 Å². The molecule has 3 aromatic heterocycles. The minimum Gasteiger partial charge on any atom is -0.364 e. The third-order valence-electron chi connectivity index (χ3n) is 3.69. The average Bonchev–Trinajstić information content (AvgIpc) is 3.09. The summed E-state index contributed by atoms with van der Waals surface area (Å²) in [5.74, 6) is 0.429. The number of benzene rings is 1. The molecule has 0 saturated carbocycles. The lowest BCUT2D eigenvalue weighted by Crippen LogP contribution is -2.07. The fourth-order valence-electron chi connectivity index (χ4n) is 2.53. The van der Waals surface area contributed by atoms with Crippen LogP contribution in [0.25, 0.3) is 16.9 Å². The van der Waals surface area contributed by atoms with Crippen LogP contribution in [0.1, 0.15) is 5.69 Å². The second-order valence-corrected chi connectivity index (χ2v) is 5.28. The van der Waals surface area contributed by atoms with Crippen molar-refractivity contribution in [2.24, 2.45) is 0 Å². The van der Waals surface area contributed by atoms with E-state index in [9.17, 15) is 4.39 Å². The highest BCUT2D eigenvalue weighted by Crippen LogP contribution is 2.24. The van der Waals surface area contributed by atoms with E-state index in [1.165, 1.54) is 6.07 Å². The molecular weight excluding hydrogens is 305 g/mol. The van der Waals surface area contributed by atoms with Gasteiger partial charge in [0.05, 0.1) is 24.1 Å². The first-order chi connectivity index (χ1) is 11.8. The Kier molecular flexibility index (Phi) is 3.63. The molecule has 4 rings (SSSR count). The van der Waals surface area contributed by atoms with Gasteiger partial charge in [-0.2, -0.15) is 9.61 Å². The zero-order chi connectivity index (χ0) is 16.4. The van der Waals surface area contributed by atoms with Gasteiger partial charge < -0.3 is 5.32 Å². The van der Waals surface area contributed by atoms with Gasteiger partial charge in [-0.1, -0.05) is 18.2 Å². The molecule has 0 amide bonds. The zero-order valence-corrected chi connectivity index (χ0v) is 12.7. The maximum Gasteiger partial charge on any atom is 0.157 e. The summed E-state index contributed by atoms with van der Waals surface area (Å²) >= 11 is 0. The molecule has 3 heterocycles. The van der Waals surface area contributed by atoms with Gasteiger partial charge in [-0.3, -0.25) is 4.98 Å². The summed E-state index contributed by atoms with van der Waals surface area (Å²) in [6.07, 6.45) is 3.41. The molecule has 0 unspecified atom stereocenters. The van der Waals surface area contributed by atoms with Crippen molar-refractivity contribution in [2.75, 3.05) is 5.32 Å². The predicted molar refractivity (Wildman–Crippen MR) is 89.9 cm³/mol. The van der Waals surface area contributed by atoms with E-state index in [0.717, 1.165) is 11.5 Å². The van der Waals surface area contributed by atoms with Gasteiger partial charge >= 0.3 is 0 Å². The molecule has 0 radical (unpaired) electrons. The Labute approximate surface area is 137 Å². The van der Waals surface area contributed by atoms with Gasteiger partial charge in [0.15, 0.2) is 5.65 Å². The smallest absolute Gasteiger partial charge is 0.157 e. The van der Waals surface area contributed by atoms with Crippen LogP contribution in [0.5, 0.6) is 0 Å². The number of rotatable bonds is 4. The molecule has 0 saturated heterocycles. The van der Waals surface area contributed by atoms with Crippen LogP contribution >= 0.6 is 0 Å². The molecule has 118 valence electrons. The lowest BCUT2D eigenvalue weighted by Gasteiger charge is -2.11. The van der Waals surface area contributed by atoms with Gasteiger partial charge in [0, 0.05) is 23.9 Å². The molecule has 4 aromatic rings. The second kappa shape index (κ2) is 6.08. The van der Waals surface area contributed by atoms with E-state index in [1.54, 1.807) is 47.2 Å². The van der Waals surface area contributed by atoms with Crippen LogP contribution in [-0.2, 0) is 6.54 Å². The van der Waals surface area contributed by atoms with E-state index in [2.05, 4.69) is 20.4 Å². The Morgan fingerprint density at radius 1 is 1.00 bits per heavy atom. The summed E-state index contributed by atoms with van der Waals surface area (Å²) in [5.41, 5.74) is 2.58. The van der Waals surface area contributed by atoms with Crippen LogP contribution in [0.2, 0.25) is 0 Å². The number of hydrogen-bond donors (Lipinski definition) is 1. The first kappa shape index (κ1) is 14.3. The number of aromatic nitrogens is 4. The van der Waals surface area contributed by atoms with E-state index < -0.39 is 0 Å². The molecule has 5 nitrogen and oxygen atoms in total. The van der Waals surface area contributed by atoms with Crippen LogP contribution in [0, 0.1) is 5.82 Å². The molecule has 0 aliphatic rings. The number of pyridine rings is 1. The van der Waals surface area contributed by atoms with Crippen LogP contribution < -0.4 is 5.32 Å². The molecule has 0 spiro atoms. The highest BCUT2D eigenvalue weighted by Gasteiger charge is 2.11. The van der Waals surface area contributed by atoms with Gasteiger partial charge in [-0.15, -0.1) is 0 Å². The maximum absolute atomic E-state index is 14.1. The van der Waals surface area contributed by atoms with Crippen LogP contribution in [0.4, 0.5) is 10.2 Å². The third-order valence-corrected chi connectivity index (χ3v) is 3.69. The van der Waals surface area contributed by atoms with Crippen molar-refractivity contribution < 1.29 is 4.39 Å². The van der Waals surface area contributed by atoms with Crippen molar-refractivity contribution in [3.8, 4) is 11.3 Å². The topological polar surface area (TPSA) is 55.1 Å². The number of nitrogens with one attached hydrogen (secondary N) is 1. The zero-order valence-electron chi connectivity index (χ0n) is 12.7. The van der Waals surface area contributed by atoms with Crippen molar-refractivity contribution in [2.45, 2.75) is 6.54 Å². The minimum atomic E-state index is -0.301. The maximum atomic E-state index is 14.1. The summed E-state index contributed by atoms with van der Waals surface area (Å²) in [6, 6.07) is 15.9. The standard InChI is InChI=1S/C18H14FN5/c19-15-7-2-1-6-14(15)16-11-18(24-17(23-16)8-10-22-24)21-12-13-5-3-4-9-20-13/h1-11,21H,12H2. The molecular formula is C18H14FN5. The normalized spacial score (nSPS) is 10.9. The van der Waals surface area contributed by atoms with Gasteiger partial charge in [-0.05, 0) is 24.3 Å². The number of fused-ring (bicyclic) bond motifs is 1. The molecule has 6 heteroatoms. The summed E-state index contributed by atoms with van der Waals surface area (Å²) in [6.45, 7) is 0.538. The Hall–Kier alpha value is -3.28. The summed E-state index contributed by atoms with van der Waals surface area (Å²) < 4.78 is 15.8. The molecule has 0 bridgehead atoms. The molecule has 0 fully saturated rings. The van der Waals surface area contributed by atoms with Crippen LogP contribution in [0.3, 0.4) is 0 Å². The number of halogens is 1. The Morgan fingerprint density at radius 2 is 1.88 bits per heavy atom. The molecule has 1 aromatic carbocycles. The van der Waals surface area contributed by atoms with E-state index >= 15 is 0 Å². The van der Waals surface area contributed by atoms with Crippen molar-refractivity contribution in [1.82, 2.24) is 19.6 Å².